The number of nitro groups is 1. The van der Waals surface area contributed by atoms with E-state index in [0.29, 0.717) is 19.0 Å². The van der Waals surface area contributed by atoms with Crippen molar-refractivity contribution in [3.8, 4) is 0 Å². The van der Waals surface area contributed by atoms with Crippen LogP contribution in [0.4, 0.5) is 5.69 Å². The van der Waals surface area contributed by atoms with Gasteiger partial charge in [0.25, 0.3) is 5.91 Å². The Labute approximate surface area is 129 Å². The number of piperidine rings is 1. The van der Waals surface area contributed by atoms with Crippen molar-refractivity contribution in [1.29, 1.82) is 0 Å². The quantitative estimate of drug-likeness (QED) is 0.626. The molecule has 21 heavy (non-hydrogen) atoms. The number of nitro benzene ring substituents is 1. The SMILES string of the molecule is CCCC1CCN(C(=O)c2cccc(Cl)c2[N+](=O)[O-])CC1. The molecule has 0 bridgehead atoms. The highest BCUT2D eigenvalue weighted by molar-refractivity contribution is 6.33. The molecule has 1 aromatic rings. The fraction of sp³-hybridized carbons (Fsp3) is 0.533. The van der Waals surface area contributed by atoms with E-state index in [9.17, 15) is 14.9 Å². The molecule has 1 heterocycles. The number of carbonyl (C=O) groups is 1. The molecule has 1 aromatic carbocycles. The average Bonchev–Trinajstić information content (AvgIpc) is 2.47. The molecule has 0 N–H and O–H groups in total. The minimum absolute atomic E-state index is 0.00622. The normalized spacial score (nSPS) is 16.0. The maximum Gasteiger partial charge on any atom is 0.300 e. The van der Waals surface area contributed by atoms with Gasteiger partial charge in [0.2, 0.25) is 0 Å². The number of hydrogen-bond donors (Lipinski definition) is 0. The molecule has 1 saturated heterocycles. The molecule has 1 aliphatic heterocycles. The van der Waals surface area contributed by atoms with Crippen LogP contribution in [0.3, 0.4) is 0 Å². The van der Waals surface area contributed by atoms with Crippen LogP contribution in [0.15, 0.2) is 18.2 Å². The maximum atomic E-state index is 12.5. The van der Waals surface area contributed by atoms with E-state index in [1.165, 1.54) is 18.6 Å². The first-order valence-corrected chi connectivity index (χ1v) is 7.64. The third-order valence-corrected chi connectivity index (χ3v) is 4.30. The van der Waals surface area contributed by atoms with Crippen LogP contribution in [0.5, 0.6) is 0 Å². The summed E-state index contributed by atoms with van der Waals surface area (Å²) in [7, 11) is 0. The lowest BCUT2D eigenvalue weighted by Crippen LogP contribution is -2.38. The summed E-state index contributed by atoms with van der Waals surface area (Å²) in [6.45, 7) is 3.48. The van der Waals surface area contributed by atoms with E-state index in [0.717, 1.165) is 19.3 Å². The van der Waals surface area contributed by atoms with Gasteiger partial charge in [-0.3, -0.25) is 14.9 Å². The van der Waals surface area contributed by atoms with Gasteiger partial charge in [-0.2, -0.15) is 0 Å². The van der Waals surface area contributed by atoms with E-state index >= 15 is 0 Å². The molecule has 6 heteroatoms. The summed E-state index contributed by atoms with van der Waals surface area (Å²) in [6, 6.07) is 4.49. The second kappa shape index (κ2) is 6.89. The van der Waals surface area contributed by atoms with Gasteiger partial charge in [0, 0.05) is 13.1 Å². The highest BCUT2D eigenvalue weighted by atomic mass is 35.5. The summed E-state index contributed by atoms with van der Waals surface area (Å²) < 4.78 is 0. The Morgan fingerprint density at radius 1 is 1.43 bits per heavy atom. The van der Waals surface area contributed by atoms with Gasteiger partial charge >= 0.3 is 5.69 Å². The molecular formula is C15H19ClN2O3. The van der Waals surface area contributed by atoms with Crippen molar-refractivity contribution in [3.05, 3.63) is 38.9 Å². The summed E-state index contributed by atoms with van der Waals surface area (Å²) in [5.41, 5.74) is -0.207. The number of nitrogens with zero attached hydrogens (tertiary/aromatic N) is 2. The zero-order chi connectivity index (χ0) is 15.4. The van der Waals surface area contributed by atoms with Gasteiger partial charge in [0.15, 0.2) is 0 Å². The number of likely N-dealkylation sites (tertiary alicyclic amines) is 1. The molecule has 0 saturated carbocycles. The first-order valence-electron chi connectivity index (χ1n) is 7.26. The minimum atomic E-state index is -0.584. The second-order valence-corrected chi connectivity index (χ2v) is 5.82. The zero-order valence-electron chi connectivity index (χ0n) is 12.0. The molecule has 0 spiro atoms. The van der Waals surface area contributed by atoms with Crippen LogP contribution in [0.2, 0.25) is 5.02 Å². The number of benzene rings is 1. The molecule has 5 nitrogen and oxygen atoms in total. The third-order valence-electron chi connectivity index (χ3n) is 4.00. The van der Waals surface area contributed by atoms with Gasteiger partial charge in [-0.05, 0) is 30.9 Å². The highest BCUT2D eigenvalue weighted by Crippen LogP contribution is 2.30. The molecule has 1 fully saturated rings. The fourth-order valence-corrected chi connectivity index (χ4v) is 3.12. The van der Waals surface area contributed by atoms with E-state index in [1.807, 2.05) is 0 Å². The van der Waals surface area contributed by atoms with Gasteiger partial charge in [-0.15, -0.1) is 0 Å². The van der Waals surface area contributed by atoms with Gasteiger partial charge in [0.05, 0.1) is 4.92 Å². The molecular weight excluding hydrogens is 292 g/mol. The van der Waals surface area contributed by atoms with E-state index in [2.05, 4.69) is 6.92 Å². The summed E-state index contributed by atoms with van der Waals surface area (Å²) in [5.74, 6) is 0.368. The molecule has 1 aliphatic rings. The van der Waals surface area contributed by atoms with Crippen molar-refractivity contribution in [3.63, 3.8) is 0 Å². The molecule has 0 radical (unpaired) electrons. The highest BCUT2D eigenvalue weighted by Gasteiger charge is 2.29. The van der Waals surface area contributed by atoms with E-state index in [-0.39, 0.29) is 22.2 Å². The third kappa shape index (κ3) is 3.53. The van der Waals surface area contributed by atoms with Crippen molar-refractivity contribution in [2.75, 3.05) is 13.1 Å². The predicted octanol–water partition coefficient (Wildman–Crippen LogP) is 3.90. The smallest absolute Gasteiger partial charge is 0.300 e. The Kier molecular flexibility index (Phi) is 5.17. The van der Waals surface area contributed by atoms with Crippen LogP contribution in [-0.4, -0.2) is 28.8 Å². The maximum absolute atomic E-state index is 12.5. The fourth-order valence-electron chi connectivity index (χ4n) is 2.88. The van der Waals surface area contributed by atoms with E-state index < -0.39 is 4.92 Å². The Hall–Kier alpha value is -1.62. The van der Waals surface area contributed by atoms with Crippen LogP contribution in [0.1, 0.15) is 43.0 Å². The first kappa shape index (κ1) is 15.8. The van der Waals surface area contributed by atoms with Crippen molar-refractivity contribution in [2.24, 2.45) is 5.92 Å². The number of carbonyl (C=O) groups excluding carboxylic acids is 1. The van der Waals surface area contributed by atoms with Gasteiger partial charge in [-0.25, -0.2) is 0 Å². The van der Waals surface area contributed by atoms with Crippen molar-refractivity contribution in [2.45, 2.75) is 32.6 Å². The minimum Gasteiger partial charge on any atom is -0.338 e. The van der Waals surface area contributed by atoms with Crippen LogP contribution in [0.25, 0.3) is 0 Å². The van der Waals surface area contributed by atoms with Crippen molar-refractivity contribution in [1.82, 2.24) is 4.90 Å². The molecule has 0 unspecified atom stereocenters. The van der Waals surface area contributed by atoms with Crippen LogP contribution >= 0.6 is 11.6 Å². The average molecular weight is 311 g/mol. The number of para-hydroxylation sites is 1. The monoisotopic (exact) mass is 310 g/mol. The molecule has 2 rings (SSSR count). The molecule has 0 aromatic heterocycles. The van der Waals surface area contributed by atoms with Crippen molar-refractivity contribution < 1.29 is 9.72 Å². The van der Waals surface area contributed by atoms with Crippen LogP contribution in [-0.2, 0) is 0 Å². The predicted molar refractivity (Wildman–Crippen MR) is 81.6 cm³/mol. The lowest BCUT2D eigenvalue weighted by atomic mass is 9.92. The Morgan fingerprint density at radius 2 is 2.10 bits per heavy atom. The Morgan fingerprint density at radius 3 is 2.67 bits per heavy atom. The van der Waals surface area contributed by atoms with Crippen molar-refractivity contribution >= 4 is 23.2 Å². The second-order valence-electron chi connectivity index (χ2n) is 5.42. The summed E-state index contributed by atoms with van der Waals surface area (Å²) >= 11 is 5.86. The van der Waals surface area contributed by atoms with Gasteiger partial charge in [0.1, 0.15) is 10.6 Å². The topological polar surface area (TPSA) is 63.5 Å². The molecule has 0 aliphatic carbocycles. The standard InChI is InChI=1S/C15H19ClN2O3/c1-2-4-11-7-9-17(10-8-11)15(19)12-5-3-6-13(16)14(12)18(20)21/h3,5-6,11H,2,4,7-10H2,1H3. The number of amides is 1. The molecule has 0 atom stereocenters. The van der Waals surface area contributed by atoms with Crippen LogP contribution < -0.4 is 0 Å². The summed E-state index contributed by atoms with van der Waals surface area (Å²) in [6.07, 6.45) is 4.26. The van der Waals surface area contributed by atoms with E-state index in [4.69, 9.17) is 11.6 Å². The lowest BCUT2D eigenvalue weighted by Gasteiger charge is -2.31. The number of rotatable bonds is 4. The Bertz CT molecular complexity index is 540. The first-order chi connectivity index (χ1) is 10.0. The van der Waals surface area contributed by atoms with Gasteiger partial charge < -0.3 is 4.90 Å². The Balaban J connectivity index is 2.15. The molecule has 1 amide bonds. The van der Waals surface area contributed by atoms with E-state index in [1.54, 1.807) is 11.0 Å². The van der Waals surface area contributed by atoms with Crippen LogP contribution in [0, 0.1) is 16.0 Å². The summed E-state index contributed by atoms with van der Waals surface area (Å²) in [5, 5.41) is 11.1. The summed E-state index contributed by atoms with van der Waals surface area (Å²) in [4.78, 5) is 24.7. The number of halogens is 1. The largest absolute Gasteiger partial charge is 0.338 e. The lowest BCUT2D eigenvalue weighted by molar-refractivity contribution is -0.385. The number of hydrogen-bond acceptors (Lipinski definition) is 3. The molecule has 114 valence electrons. The zero-order valence-corrected chi connectivity index (χ0v) is 12.8. The van der Waals surface area contributed by atoms with Gasteiger partial charge in [-0.1, -0.05) is 37.4 Å².